The molecule has 4 nitrogen and oxygen atoms in total. The highest BCUT2D eigenvalue weighted by Crippen LogP contribution is 2.25. The number of rotatable bonds is 2. The zero-order valence-electron chi connectivity index (χ0n) is 9.35. The van der Waals surface area contributed by atoms with Gasteiger partial charge < -0.3 is 10.0 Å². The van der Waals surface area contributed by atoms with Crippen molar-refractivity contribution in [2.45, 2.75) is 37.8 Å². The average Bonchev–Trinajstić information content (AvgIpc) is 2.67. The van der Waals surface area contributed by atoms with Crippen LogP contribution in [0.25, 0.3) is 0 Å². The second kappa shape index (κ2) is 4.49. The predicted octanol–water partition coefficient (Wildman–Crippen LogP) is 0.630. The van der Waals surface area contributed by atoms with Crippen molar-refractivity contribution in [3.63, 3.8) is 0 Å². The minimum Gasteiger partial charge on any atom is -0.480 e. The van der Waals surface area contributed by atoms with E-state index in [1.807, 2.05) is 0 Å². The van der Waals surface area contributed by atoms with E-state index < -0.39 is 5.97 Å². The van der Waals surface area contributed by atoms with Crippen LogP contribution in [0.2, 0.25) is 0 Å². The van der Waals surface area contributed by atoms with Gasteiger partial charge in [-0.2, -0.15) is 0 Å². The minimum atomic E-state index is -0.633. The van der Waals surface area contributed by atoms with Crippen molar-refractivity contribution in [3.05, 3.63) is 0 Å². The van der Waals surface area contributed by atoms with Crippen LogP contribution in [-0.2, 0) is 4.79 Å². The lowest BCUT2D eigenvalue weighted by atomic mass is 10.0. The highest BCUT2D eigenvalue weighted by molar-refractivity contribution is 5.73. The number of aliphatic carboxylic acids is 1. The Kier molecular flexibility index (Phi) is 3.26. The van der Waals surface area contributed by atoms with Crippen LogP contribution < -0.4 is 0 Å². The number of carboxylic acids is 1. The molecular formula is C11H20N2O2. The fraction of sp³-hybridized carbons (Fsp3) is 0.909. The van der Waals surface area contributed by atoms with E-state index in [1.54, 1.807) is 0 Å². The highest BCUT2D eigenvalue weighted by Gasteiger charge is 2.36. The molecule has 4 heteroatoms. The SMILES string of the molecule is CN1CCC(N2CCCC2C(=O)O)CC1. The molecular weight excluding hydrogens is 192 g/mol. The van der Waals surface area contributed by atoms with Crippen LogP contribution in [0.15, 0.2) is 0 Å². The molecule has 2 rings (SSSR count). The molecule has 0 aromatic heterocycles. The van der Waals surface area contributed by atoms with Crippen LogP contribution in [0.4, 0.5) is 0 Å². The molecule has 2 aliphatic rings. The predicted molar refractivity (Wildman–Crippen MR) is 57.9 cm³/mol. The third kappa shape index (κ3) is 2.32. The van der Waals surface area contributed by atoms with E-state index in [4.69, 9.17) is 5.11 Å². The third-order valence-corrected chi connectivity index (χ3v) is 3.74. The van der Waals surface area contributed by atoms with Gasteiger partial charge in [0.15, 0.2) is 0 Å². The molecule has 0 saturated carbocycles. The molecule has 1 N–H and O–H groups in total. The fourth-order valence-electron chi connectivity index (χ4n) is 2.82. The van der Waals surface area contributed by atoms with Crippen LogP contribution in [0.5, 0.6) is 0 Å². The number of nitrogens with zero attached hydrogens (tertiary/aromatic N) is 2. The molecule has 0 amide bonds. The van der Waals surface area contributed by atoms with Gasteiger partial charge in [-0.25, -0.2) is 0 Å². The maximum Gasteiger partial charge on any atom is 0.320 e. The smallest absolute Gasteiger partial charge is 0.320 e. The van der Waals surface area contributed by atoms with E-state index >= 15 is 0 Å². The summed E-state index contributed by atoms with van der Waals surface area (Å²) in [6, 6.07) is 0.295. The van der Waals surface area contributed by atoms with E-state index in [0.717, 1.165) is 45.3 Å². The first-order valence-electron chi connectivity index (χ1n) is 5.85. The van der Waals surface area contributed by atoms with Crippen LogP contribution in [-0.4, -0.2) is 59.6 Å². The molecule has 15 heavy (non-hydrogen) atoms. The number of carboxylic acid groups (broad SMARTS) is 1. The maximum absolute atomic E-state index is 11.1. The van der Waals surface area contributed by atoms with Crippen LogP contribution >= 0.6 is 0 Å². The van der Waals surface area contributed by atoms with Crippen molar-refractivity contribution < 1.29 is 9.90 Å². The molecule has 0 aromatic rings. The summed E-state index contributed by atoms with van der Waals surface area (Å²) in [5, 5.41) is 9.11. The Morgan fingerprint density at radius 1 is 1.20 bits per heavy atom. The van der Waals surface area contributed by atoms with Crippen molar-refractivity contribution in [1.29, 1.82) is 0 Å². The van der Waals surface area contributed by atoms with Crippen LogP contribution in [0, 0.1) is 0 Å². The van der Waals surface area contributed by atoms with Gasteiger partial charge in [-0.1, -0.05) is 0 Å². The van der Waals surface area contributed by atoms with Gasteiger partial charge in [-0.3, -0.25) is 9.69 Å². The monoisotopic (exact) mass is 212 g/mol. The van der Waals surface area contributed by atoms with E-state index in [0.29, 0.717) is 6.04 Å². The molecule has 0 bridgehead atoms. The molecule has 2 saturated heterocycles. The first-order chi connectivity index (χ1) is 7.18. The minimum absolute atomic E-state index is 0.210. The van der Waals surface area contributed by atoms with Crippen molar-refractivity contribution in [1.82, 2.24) is 9.80 Å². The number of carbonyl (C=O) groups is 1. The van der Waals surface area contributed by atoms with Gasteiger partial charge in [0.2, 0.25) is 0 Å². The lowest BCUT2D eigenvalue weighted by Crippen LogP contribution is -2.48. The summed E-state index contributed by atoms with van der Waals surface area (Å²) >= 11 is 0. The summed E-state index contributed by atoms with van der Waals surface area (Å²) in [5.41, 5.74) is 0. The zero-order valence-corrected chi connectivity index (χ0v) is 9.35. The van der Waals surface area contributed by atoms with E-state index in [-0.39, 0.29) is 6.04 Å². The standard InChI is InChI=1S/C11H20N2O2/c1-12-7-4-9(5-8-12)13-6-2-3-10(13)11(14)15/h9-10H,2-8H2,1H3,(H,14,15). The Hall–Kier alpha value is -0.610. The van der Waals surface area contributed by atoms with Crippen LogP contribution in [0.1, 0.15) is 25.7 Å². The van der Waals surface area contributed by atoms with Crippen molar-refractivity contribution in [3.8, 4) is 0 Å². The number of hydrogen-bond acceptors (Lipinski definition) is 3. The summed E-state index contributed by atoms with van der Waals surface area (Å²) < 4.78 is 0. The Bertz CT molecular complexity index is 237. The largest absolute Gasteiger partial charge is 0.480 e. The molecule has 0 radical (unpaired) electrons. The normalized spacial score (nSPS) is 30.9. The summed E-state index contributed by atoms with van der Waals surface area (Å²) in [6.07, 6.45) is 4.13. The van der Waals surface area contributed by atoms with E-state index in [9.17, 15) is 4.79 Å². The van der Waals surface area contributed by atoms with Gasteiger partial charge in [-0.15, -0.1) is 0 Å². The first kappa shape index (κ1) is 10.9. The third-order valence-electron chi connectivity index (χ3n) is 3.74. The van der Waals surface area contributed by atoms with Gasteiger partial charge >= 0.3 is 5.97 Å². The molecule has 0 spiro atoms. The zero-order chi connectivity index (χ0) is 10.8. The van der Waals surface area contributed by atoms with Gasteiger partial charge in [0.1, 0.15) is 6.04 Å². The molecule has 2 fully saturated rings. The average molecular weight is 212 g/mol. The van der Waals surface area contributed by atoms with Crippen molar-refractivity contribution >= 4 is 5.97 Å². The summed E-state index contributed by atoms with van der Waals surface area (Å²) in [4.78, 5) is 15.6. The first-order valence-corrected chi connectivity index (χ1v) is 5.85. The number of hydrogen-bond donors (Lipinski definition) is 1. The molecule has 0 aromatic carbocycles. The number of likely N-dealkylation sites (tertiary alicyclic amines) is 2. The van der Waals surface area contributed by atoms with Gasteiger partial charge in [0.25, 0.3) is 0 Å². The second-order valence-electron chi connectivity index (χ2n) is 4.77. The Balaban J connectivity index is 1.94. The lowest BCUT2D eigenvalue weighted by molar-refractivity contribution is -0.143. The molecule has 2 aliphatic heterocycles. The summed E-state index contributed by atoms with van der Waals surface area (Å²) in [7, 11) is 2.13. The molecule has 86 valence electrons. The van der Waals surface area contributed by atoms with E-state index in [1.165, 1.54) is 0 Å². The summed E-state index contributed by atoms with van der Waals surface area (Å²) in [6.45, 7) is 3.19. The Labute approximate surface area is 90.9 Å². The van der Waals surface area contributed by atoms with E-state index in [2.05, 4.69) is 16.8 Å². The van der Waals surface area contributed by atoms with Crippen molar-refractivity contribution in [2.75, 3.05) is 26.7 Å². The van der Waals surface area contributed by atoms with Gasteiger partial charge in [-0.05, 0) is 52.4 Å². The van der Waals surface area contributed by atoms with Crippen LogP contribution in [0.3, 0.4) is 0 Å². The second-order valence-corrected chi connectivity index (χ2v) is 4.77. The van der Waals surface area contributed by atoms with Crippen molar-refractivity contribution in [2.24, 2.45) is 0 Å². The quantitative estimate of drug-likeness (QED) is 0.729. The lowest BCUT2D eigenvalue weighted by Gasteiger charge is -2.36. The highest BCUT2D eigenvalue weighted by atomic mass is 16.4. The fourth-order valence-corrected chi connectivity index (χ4v) is 2.82. The topological polar surface area (TPSA) is 43.8 Å². The maximum atomic E-state index is 11.1. The Morgan fingerprint density at radius 2 is 1.87 bits per heavy atom. The molecule has 2 heterocycles. The van der Waals surface area contributed by atoms with Gasteiger partial charge in [0.05, 0.1) is 0 Å². The Morgan fingerprint density at radius 3 is 2.47 bits per heavy atom. The number of piperidine rings is 1. The molecule has 1 unspecified atom stereocenters. The van der Waals surface area contributed by atoms with Gasteiger partial charge in [0, 0.05) is 6.04 Å². The summed E-state index contributed by atoms with van der Waals surface area (Å²) in [5.74, 6) is -0.633. The molecule has 0 aliphatic carbocycles. The molecule has 1 atom stereocenters.